The monoisotopic (exact) mass is 389 g/mol. The normalized spacial score (nSPS) is 23.9. The topological polar surface area (TPSA) is 54.0 Å². The third-order valence-electron chi connectivity index (χ3n) is 5.94. The van der Waals surface area contributed by atoms with Crippen LogP contribution < -0.4 is 10.1 Å². The third kappa shape index (κ3) is 5.69. The van der Waals surface area contributed by atoms with Crippen molar-refractivity contribution in [2.75, 3.05) is 54.1 Å². The van der Waals surface area contributed by atoms with Gasteiger partial charge in [0.15, 0.2) is 0 Å². The maximum atomic E-state index is 12.7. The van der Waals surface area contributed by atoms with Crippen LogP contribution in [0.3, 0.4) is 0 Å². The Morgan fingerprint density at radius 3 is 2.71 bits per heavy atom. The van der Waals surface area contributed by atoms with Crippen LogP contribution >= 0.6 is 0 Å². The maximum absolute atomic E-state index is 12.7. The van der Waals surface area contributed by atoms with Gasteiger partial charge in [0.1, 0.15) is 5.75 Å². The molecule has 2 heterocycles. The summed E-state index contributed by atoms with van der Waals surface area (Å²) in [6, 6.07) is 8.74. The molecule has 0 spiro atoms. The summed E-state index contributed by atoms with van der Waals surface area (Å²) in [4.78, 5) is 17.5. The van der Waals surface area contributed by atoms with Crippen molar-refractivity contribution in [3.05, 3.63) is 29.8 Å². The molecular formula is C22H35N3O3. The summed E-state index contributed by atoms with van der Waals surface area (Å²) in [6.07, 6.45) is 3.39. The summed E-state index contributed by atoms with van der Waals surface area (Å²) < 4.78 is 10.9. The first-order valence-corrected chi connectivity index (χ1v) is 10.4. The lowest BCUT2D eigenvalue weighted by Crippen LogP contribution is -2.44. The molecule has 0 bridgehead atoms. The van der Waals surface area contributed by atoms with Crippen molar-refractivity contribution in [3.8, 4) is 5.75 Å². The number of carbonyl (C=O) groups is 1. The summed E-state index contributed by atoms with van der Waals surface area (Å²) in [6.45, 7) is 4.71. The second kappa shape index (κ2) is 10.2. The smallest absolute Gasteiger partial charge is 0.220 e. The van der Waals surface area contributed by atoms with Gasteiger partial charge in [0.2, 0.25) is 5.91 Å². The zero-order chi connectivity index (χ0) is 19.9. The largest absolute Gasteiger partial charge is 0.496 e. The molecular weight excluding hydrogens is 354 g/mol. The first kappa shape index (κ1) is 21.1. The second-order valence-corrected chi connectivity index (χ2v) is 8.31. The van der Waals surface area contributed by atoms with Crippen LogP contribution in [-0.2, 0) is 16.0 Å². The van der Waals surface area contributed by atoms with Gasteiger partial charge in [0.05, 0.1) is 7.11 Å². The van der Waals surface area contributed by atoms with E-state index in [2.05, 4.69) is 29.2 Å². The lowest BCUT2D eigenvalue weighted by atomic mass is 10.0. The number of benzene rings is 1. The van der Waals surface area contributed by atoms with Gasteiger partial charge in [-0.3, -0.25) is 9.69 Å². The highest BCUT2D eigenvalue weighted by molar-refractivity contribution is 5.76. The number of amides is 1. The molecule has 2 aliphatic rings. The highest BCUT2D eigenvalue weighted by Crippen LogP contribution is 2.25. The van der Waals surface area contributed by atoms with E-state index >= 15 is 0 Å². The number of methoxy groups -OCH3 is 1. The van der Waals surface area contributed by atoms with Crippen LogP contribution in [0.4, 0.5) is 0 Å². The molecule has 2 fully saturated rings. The predicted molar refractivity (Wildman–Crippen MR) is 111 cm³/mol. The van der Waals surface area contributed by atoms with Crippen LogP contribution in [0.2, 0.25) is 0 Å². The Morgan fingerprint density at radius 2 is 2.00 bits per heavy atom. The van der Waals surface area contributed by atoms with Crippen LogP contribution in [-0.4, -0.2) is 81.8 Å². The van der Waals surface area contributed by atoms with Gasteiger partial charge in [0, 0.05) is 57.3 Å². The Hall–Kier alpha value is -1.63. The average molecular weight is 390 g/mol. The van der Waals surface area contributed by atoms with Gasteiger partial charge in [-0.2, -0.15) is 0 Å². The summed E-state index contributed by atoms with van der Waals surface area (Å²) >= 11 is 0. The fourth-order valence-electron chi connectivity index (χ4n) is 4.51. The van der Waals surface area contributed by atoms with E-state index in [4.69, 9.17) is 9.47 Å². The maximum Gasteiger partial charge on any atom is 0.220 e. The number of hydrogen-bond acceptors (Lipinski definition) is 5. The van der Waals surface area contributed by atoms with E-state index in [1.165, 1.54) is 0 Å². The Labute approximate surface area is 169 Å². The van der Waals surface area contributed by atoms with Gasteiger partial charge in [-0.25, -0.2) is 0 Å². The molecule has 2 atom stereocenters. The van der Waals surface area contributed by atoms with Crippen molar-refractivity contribution in [2.45, 2.75) is 37.8 Å². The molecule has 156 valence electrons. The van der Waals surface area contributed by atoms with E-state index in [1.807, 2.05) is 24.3 Å². The molecule has 6 heteroatoms. The minimum absolute atomic E-state index is 0.133. The van der Waals surface area contributed by atoms with E-state index in [0.717, 1.165) is 57.0 Å². The lowest BCUT2D eigenvalue weighted by molar-refractivity contribution is -0.122. The first-order chi connectivity index (χ1) is 13.6. The summed E-state index contributed by atoms with van der Waals surface area (Å²) in [7, 11) is 5.89. The molecule has 28 heavy (non-hydrogen) atoms. The zero-order valence-electron chi connectivity index (χ0n) is 17.5. The van der Waals surface area contributed by atoms with Crippen molar-refractivity contribution >= 4 is 5.91 Å². The van der Waals surface area contributed by atoms with Crippen molar-refractivity contribution in [1.82, 2.24) is 15.1 Å². The van der Waals surface area contributed by atoms with Gasteiger partial charge in [-0.05, 0) is 45.0 Å². The highest BCUT2D eigenvalue weighted by Gasteiger charge is 2.37. The molecule has 0 aromatic heterocycles. The van der Waals surface area contributed by atoms with E-state index < -0.39 is 0 Å². The molecule has 1 N–H and O–H groups in total. The fourth-order valence-corrected chi connectivity index (χ4v) is 4.51. The number of hydrogen-bond donors (Lipinski definition) is 1. The molecule has 0 saturated carbocycles. The van der Waals surface area contributed by atoms with Gasteiger partial charge in [-0.1, -0.05) is 18.2 Å². The van der Waals surface area contributed by atoms with Crippen molar-refractivity contribution in [2.24, 2.45) is 5.92 Å². The number of rotatable bonds is 8. The van der Waals surface area contributed by atoms with Crippen molar-refractivity contribution in [3.63, 3.8) is 0 Å². The number of para-hydroxylation sites is 1. The van der Waals surface area contributed by atoms with Gasteiger partial charge in [-0.15, -0.1) is 0 Å². The second-order valence-electron chi connectivity index (χ2n) is 8.31. The SMILES string of the molecule is COc1ccccc1CCC(=O)N[C@@H]1CN(C2CCOCC2)C[C@H]1CN(C)C. The van der Waals surface area contributed by atoms with Crippen LogP contribution in [0.1, 0.15) is 24.8 Å². The fraction of sp³-hybridized carbons (Fsp3) is 0.682. The Kier molecular flexibility index (Phi) is 7.71. The molecule has 1 aromatic rings. The minimum atomic E-state index is 0.133. The number of ether oxygens (including phenoxy) is 2. The number of aryl methyl sites for hydroxylation is 1. The molecule has 6 nitrogen and oxygen atoms in total. The average Bonchev–Trinajstić information content (AvgIpc) is 3.09. The molecule has 0 aliphatic carbocycles. The van der Waals surface area contributed by atoms with Crippen LogP contribution in [0.25, 0.3) is 0 Å². The highest BCUT2D eigenvalue weighted by atomic mass is 16.5. The Morgan fingerprint density at radius 1 is 1.25 bits per heavy atom. The Balaban J connectivity index is 1.55. The van der Waals surface area contributed by atoms with E-state index in [9.17, 15) is 4.79 Å². The lowest BCUT2D eigenvalue weighted by Gasteiger charge is -2.31. The van der Waals surface area contributed by atoms with Crippen molar-refractivity contribution in [1.29, 1.82) is 0 Å². The van der Waals surface area contributed by atoms with Crippen LogP contribution in [0.15, 0.2) is 24.3 Å². The quantitative estimate of drug-likeness (QED) is 0.735. The molecule has 1 aromatic carbocycles. The van der Waals surface area contributed by atoms with Crippen LogP contribution in [0, 0.1) is 5.92 Å². The molecule has 2 saturated heterocycles. The van der Waals surface area contributed by atoms with E-state index in [0.29, 0.717) is 24.8 Å². The van der Waals surface area contributed by atoms with Crippen molar-refractivity contribution < 1.29 is 14.3 Å². The predicted octanol–water partition coefficient (Wildman–Crippen LogP) is 1.79. The summed E-state index contributed by atoms with van der Waals surface area (Å²) in [5, 5.41) is 3.33. The van der Waals surface area contributed by atoms with Crippen LogP contribution in [0.5, 0.6) is 5.75 Å². The molecule has 1 amide bonds. The molecule has 0 unspecified atom stereocenters. The summed E-state index contributed by atoms with van der Waals surface area (Å²) in [5.74, 6) is 1.45. The van der Waals surface area contributed by atoms with E-state index in [-0.39, 0.29) is 11.9 Å². The third-order valence-corrected chi connectivity index (χ3v) is 5.94. The minimum Gasteiger partial charge on any atom is -0.496 e. The van der Waals surface area contributed by atoms with Gasteiger partial charge >= 0.3 is 0 Å². The van der Waals surface area contributed by atoms with Gasteiger partial charge in [0.25, 0.3) is 0 Å². The molecule has 0 radical (unpaired) electrons. The Bertz CT molecular complexity index is 631. The first-order valence-electron chi connectivity index (χ1n) is 10.4. The molecule has 3 rings (SSSR count). The number of nitrogens with zero attached hydrogens (tertiary/aromatic N) is 2. The zero-order valence-corrected chi connectivity index (χ0v) is 17.5. The number of carbonyl (C=O) groups excluding carboxylic acids is 1. The number of nitrogens with one attached hydrogen (secondary N) is 1. The molecule has 2 aliphatic heterocycles. The number of likely N-dealkylation sites (tertiary alicyclic amines) is 1. The summed E-state index contributed by atoms with van der Waals surface area (Å²) in [5.41, 5.74) is 1.08. The van der Waals surface area contributed by atoms with Gasteiger partial charge < -0.3 is 19.7 Å². The van der Waals surface area contributed by atoms with E-state index in [1.54, 1.807) is 7.11 Å². The standard InChI is InChI=1S/C22H35N3O3/c1-24(2)14-18-15-25(19-10-12-28-13-11-19)16-20(18)23-22(26)9-8-17-6-4-5-7-21(17)27-3/h4-7,18-20H,8-16H2,1-3H3,(H,23,26)/t18-,20-/m1/s1.